The minimum absolute atomic E-state index is 0.0173. The van der Waals surface area contributed by atoms with E-state index in [-0.39, 0.29) is 11.7 Å². The molecule has 0 saturated heterocycles. The van der Waals surface area contributed by atoms with E-state index in [4.69, 9.17) is 4.74 Å². The summed E-state index contributed by atoms with van der Waals surface area (Å²) in [6.07, 6.45) is 4.65. The van der Waals surface area contributed by atoms with Crippen LogP contribution < -0.4 is 4.74 Å². The third-order valence-electron chi connectivity index (χ3n) is 3.96. The van der Waals surface area contributed by atoms with Crippen molar-refractivity contribution in [2.75, 3.05) is 7.05 Å². The summed E-state index contributed by atoms with van der Waals surface area (Å²) in [5.74, 6) is 0.245. The molecule has 1 amide bonds. The van der Waals surface area contributed by atoms with Crippen molar-refractivity contribution in [2.24, 2.45) is 0 Å². The monoisotopic (exact) mass is 279 g/mol. The lowest BCUT2D eigenvalue weighted by molar-refractivity contribution is -0.139. The number of nitrogens with zero attached hydrogens (tertiary/aromatic N) is 1. The van der Waals surface area contributed by atoms with Gasteiger partial charge in [-0.05, 0) is 43.5 Å². The van der Waals surface area contributed by atoms with Crippen LogP contribution in [0.15, 0.2) is 24.3 Å². The first-order valence-electron chi connectivity index (χ1n) is 7.30. The maximum Gasteiger partial charge on any atom is 0.263 e. The van der Waals surface area contributed by atoms with Crippen LogP contribution in [0.5, 0.6) is 5.75 Å². The van der Waals surface area contributed by atoms with Crippen molar-refractivity contribution in [3.63, 3.8) is 0 Å². The van der Waals surface area contributed by atoms with Gasteiger partial charge in [-0.25, -0.2) is 4.39 Å². The second kappa shape index (κ2) is 6.73. The van der Waals surface area contributed by atoms with Gasteiger partial charge in [-0.3, -0.25) is 4.79 Å². The van der Waals surface area contributed by atoms with Gasteiger partial charge < -0.3 is 9.64 Å². The topological polar surface area (TPSA) is 29.5 Å². The molecule has 1 aliphatic rings. The molecule has 1 aliphatic carbocycles. The zero-order chi connectivity index (χ0) is 14.5. The van der Waals surface area contributed by atoms with E-state index in [0.29, 0.717) is 18.2 Å². The van der Waals surface area contributed by atoms with Crippen molar-refractivity contribution in [2.45, 2.75) is 51.2 Å². The van der Waals surface area contributed by atoms with Gasteiger partial charge in [-0.15, -0.1) is 0 Å². The average Bonchev–Trinajstić information content (AvgIpc) is 2.99. The molecule has 2 rings (SSSR count). The summed E-state index contributed by atoms with van der Waals surface area (Å²) in [4.78, 5) is 14.3. The van der Waals surface area contributed by atoms with Crippen molar-refractivity contribution in [1.29, 1.82) is 0 Å². The minimum atomic E-state index is -0.494. The molecule has 0 bridgehead atoms. The summed E-state index contributed by atoms with van der Waals surface area (Å²) in [5, 5.41) is 0. The Morgan fingerprint density at radius 2 is 1.95 bits per heavy atom. The van der Waals surface area contributed by atoms with E-state index in [1.54, 1.807) is 12.1 Å². The number of carbonyl (C=O) groups excluding carboxylic acids is 1. The maximum absolute atomic E-state index is 12.9. The first-order valence-corrected chi connectivity index (χ1v) is 7.30. The molecule has 1 atom stereocenters. The van der Waals surface area contributed by atoms with E-state index in [2.05, 4.69) is 0 Å². The van der Waals surface area contributed by atoms with Crippen LogP contribution in [-0.4, -0.2) is 30.0 Å². The number of amides is 1. The normalized spacial score (nSPS) is 16.9. The molecule has 1 aromatic rings. The first-order chi connectivity index (χ1) is 9.61. The fourth-order valence-corrected chi connectivity index (χ4v) is 2.68. The molecule has 1 unspecified atom stereocenters. The number of carbonyl (C=O) groups is 1. The van der Waals surface area contributed by atoms with Gasteiger partial charge in [0.1, 0.15) is 11.6 Å². The Hall–Kier alpha value is -1.58. The van der Waals surface area contributed by atoms with E-state index in [0.717, 1.165) is 12.8 Å². The molecule has 0 radical (unpaired) electrons. The Balaban J connectivity index is 1.99. The van der Waals surface area contributed by atoms with Crippen LogP contribution in [0.4, 0.5) is 4.39 Å². The van der Waals surface area contributed by atoms with Crippen LogP contribution in [0, 0.1) is 5.82 Å². The predicted molar refractivity (Wildman–Crippen MR) is 76.1 cm³/mol. The molecule has 20 heavy (non-hydrogen) atoms. The highest BCUT2D eigenvalue weighted by molar-refractivity contribution is 5.81. The van der Waals surface area contributed by atoms with Crippen molar-refractivity contribution in [3.8, 4) is 5.75 Å². The standard InChI is InChI=1S/C16H22FNO2/c1-3-15(20-14-10-8-12(17)9-11-14)16(19)18(2)13-6-4-5-7-13/h8-11,13,15H,3-7H2,1-2H3. The Labute approximate surface area is 119 Å². The highest BCUT2D eigenvalue weighted by Gasteiger charge is 2.29. The third kappa shape index (κ3) is 3.50. The molecule has 0 spiro atoms. The largest absolute Gasteiger partial charge is 0.481 e. The van der Waals surface area contributed by atoms with Crippen LogP contribution in [0.2, 0.25) is 0 Å². The van der Waals surface area contributed by atoms with Crippen molar-refractivity contribution in [1.82, 2.24) is 4.90 Å². The fraction of sp³-hybridized carbons (Fsp3) is 0.562. The van der Waals surface area contributed by atoms with E-state index in [1.165, 1.54) is 25.0 Å². The van der Waals surface area contributed by atoms with Gasteiger partial charge in [0, 0.05) is 13.1 Å². The summed E-state index contributed by atoms with van der Waals surface area (Å²) in [6, 6.07) is 6.13. The number of likely N-dealkylation sites (N-methyl/N-ethyl adjacent to an activating group) is 1. The molecule has 0 aliphatic heterocycles. The highest BCUT2D eigenvalue weighted by Crippen LogP contribution is 2.24. The van der Waals surface area contributed by atoms with E-state index >= 15 is 0 Å². The van der Waals surface area contributed by atoms with Gasteiger partial charge in [0.05, 0.1) is 0 Å². The zero-order valence-electron chi connectivity index (χ0n) is 12.1. The highest BCUT2D eigenvalue weighted by atomic mass is 19.1. The summed E-state index contributed by atoms with van der Waals surface area (Å²) in [5.41, 5.74) is 0. The Bertz CT molecular complexity index is 440. The van der Waals surface area contributed by atoms with Crippen LogP contribution >= 0.6 is 0 Å². The quantitative estimate of drug-likeness (QED) is 0.827. The Morgan fingerprint density at radius 1 is 1.35 bits per heavy atom. The fourth-order valence-electron chi connectivity index (χ4n) is 2.68. The number of hydrogen-bond donors (Lipinski definition) is 0. The summed E-state index contributed by atoms with van der Waals surface area (Å²) in [6.45, 7) is 1.93. The average molecular weight is 279 g/mol. The van der Waals surface area contributed by atoms with Crippen LogP contribution in [-0.2, 0) is 4.79 Å². The third-order valence-corrected chi connectivity index (χ3v) is 3.96. The Morgan fingerprint density at radius 3 is 2.50 bits per heavy atom. The van der Waals surface area contributed by atoms with E-state index in [1.807, 2.05) is 18.9 Å². The van der Waals surface area contributed by atoms with Crippen molar-refractivity contribution >= 4 is 5.91 Å². The van der Waals surface area contributed by atoms with Crippen LogP contribution in [0.3, 0.4) is 0 Å². The molecule has 3 nitrogen and oxygen atoms in total. The Kier molecular flexibility index (Phi) is 4.99. The second-order valence-corrected chi connectivity index (χ2v) is 5.36. The SMILES string of the molecule is CCC(Oc1ccc(F)cc1)C(=O)N(C)C1CCCC1. The van der Waals surface area contributed by atoms with Crippen molar-refractivity contribution in [3.05, 3.63) is 30.1 Å². The number of rotatable bonds is 5. The molecular formula is C16H22FNO2. The lowest BCUT2D eigenvalue weighted by atomic mass is 10.1. The van der Waals surface area contributed by atoms with Gasteiger partial charge in [0.2, 0.25) is 0 Å². The molecule has 110 valence electrons. The van der Waals surface area contributed by atoms with E-state index < -0.39 is 6.10 Å². The molecule has 1 fully saturated rings. The number of benzene rings is 1. The smallest absolute Gasteiger partial charge is 0.263 e. The van der Waals surface area contributed by atoms with Crippen LogP contribution in [0.1, 0.15) is 39.0 Å². The first kappa shape index (κ1) is 14.8. The molecule has 0 heterocycles. The lowest BCUT2D eigenvalue weighted by Gasteiger charge is -2.28. The summed E-state index contributed by atoms with van der Waals surface area (Å²) in [7, 11) is 1.86. The molecule has 4 heteroatoms. The molecule has 1 aromatic carbocycles. The second-order valence-electron chi connectivity index (χ2n) is 5.36. The molecule has 0 N–H and O–H groups in total. The van der Waals surface area contributed by atoms with Gasteiger partial charge >= 0.3 is 0 Å². The molecular weight excluding hydrogens is 257 g/mol. The predicted octanol–water partition coefficient (Wildman–Crippen LogP) is 3.38. The lowest BCUT2D eigenvalue weighted by Crippen LogP contribution is -2.43. The molecule has 1 saturated carbocycles. The van der Waals surface area contributed by atoms with E-state index in [9.17, 15) is 9.18 Å². The van der Waals surface area contributed by atoms with Crippen molar-refractivity contribution < 1.29 is 13.9 Å². The van der Waals surface area contributed by atoms with Gasteiger partial charge in [0.25, 0.3) is 5.91 Å². The maximum atomic E-state index is 12.9. The zero-order valence-corrected chi connectivity index (χ0v) is 12.1. The molecule has 0 aromatic heterocycles. The number of ether oxygens (including phenoxy) is 1. The number of hydrogen-bond acceptors (Lipinski definition) is 2. The summed E-state index contributed by atoms with van der Waals surface area (Å²) >= 11 is 0. The van der Waals surface area contributed by atoms with Gasteiger partial charge in [0.15, 0.2) is 6.10 Å². The summed E-state index contributed by atoms with van der Waals surface area (Å²) < 4.78 is 18.6. The van der Waals surface area contributed by atoms with Crippen LogP contribution in [0.25, 0.3) is 0 Å². The van der Waals surface area contributed by atoms with Gasteiger partial charge in [-0.2, -0.15) is 0 Å². The number of halogens is 1. The van der Waals surface area contributed by atoms with Gasteiger partial charge in [-0.1, -0.05) is 19.8 Å². The minimum Gasteiger partial charge on any atom is -0.481 e.